The summed E-state index contributed by atoms with van der Waals surface area (Å²) in [6.45, 7) is 7.82. The van der Waals surface area contributed by atoms with Crippen LogP contribution in [0.5, 0.6) is 5.75 Å². The minimum atomic E-state index is -3.40. The predicted octanol–water partition coefficient (Wildman–Crippen LogP) is 2.23. The van der Waals surface area contributed by atoms with E-state index in [1.807, 2.05) is 38.1 Å². The topological polar surface area (TPSA) is 92.0 Å². The van der Waals surface area contributed by atoms with Gasteiger partial charge in [0, 0.05) is 44.8 Å². The van der Waals surface area contributed by atoms with E-state index in [2.05, 4.69) is 15.0 Å². The molecule has 1 saturated heterocycles. The monoisotopic (exact) mass is 437 g/mol. The second-order valence-electron chi connectivity index (χ2n) is 7.32. The first-order chi connectivity index (χ1) is 14.5. The summed E-state index contributed by atoms with van der Waals surface area (Å²) in [5, 5.41) is 4.06. The van der Waals surface area contributed by atoms with Crippen LogP contribution in [0.2, 0.25) is 0 Å². The van der Waals surface area contributed by atoms with Gasteiger partial charge in [0.2, 0.25) is 11.7 Å². The van der Waals surface area contributed by atoms with Gasteiger partial charge in [0.25, 0.3) is 10.2 Å². The van der Waals surface area contributed by atoms with E-state index in [1.165, 1.54) is 0 Å². The van der Waals surface area contributed by atoms with Crippen molar-refractivity contribution >= 4 is 10.2 Å². The maximum Gasteiger partial charge on any atom is 0.282 e. The maximum absolute atomic E-state index is 12.9. The molecule has 3 rings (SSSR count). The number of methoxy groups -OCH3 is 1. The molecule has 0 N–H and O–H groups in total. The van der Waals surface area contributed by atoms with Crippen molar-refractivity contribution in [3.63, 3.8) is 0 Å². The number of nitrogens with zero attached hydrogens (tertiary/aromatic N) is 5. The van der Waals surface area contributed by atoms with E-state index in [1.54, 1.807) is 15.7 Å². The van der Waals surface area contributed by atoms with Gasteiger partial charge in [0.1, 0.15) is 5.75 Å². The molecule has 0 saturated carbocycles. The molecule has 1 aromatic heterocycles. The smallest absolute Gasteiger partial charge is 0.282 e. The number of benzene rings is 1. The third-order valence-corrected chi connectivity index (χ3v) is 7.14. The van der Waals surface area contributed by atoms with Crippen LogP contribution in [-0.2, 0) is 16.8 Å². The average Bonchev–Trinajstić information content (AvgIpc) is 3.22. The summed E-state index contributed by atoms with van der Waals surface area (Å²) in [5.41, 5.74) is 0.855. The summed E-state index contributed by atoms with van der Waals surface area (Å²) in [6, 6.07) is 7.47. The van der Waals surface area contributed by atoms with Gasteiger partial charge in [-0.05, 0) is 37.1 Å². The first-order valence-corrected chi connectivity index (χ1v) is 11.8. The van der Waals surface area contributed by atoms with E-state index in [0.717, 1.165) is 24.2 Å². The molecule has 1 fully saturated rings. The summed E-state index contributed by atoms with van der Waals surface area (Å²) < 4.78 is 39.6. The van der Waals surface area contributed by atoms with E-state index in [0.29, 0.717) is 57.5 Å². The third-order valence-electron chi connectivity index (χ3n) is 5.11. The fourth-order valence-electron chi connectivity index (χ4n) is 3.49. The van der Waals surface area contributed by atoms with Crippen LogP contribution in [0, 0.1) is 0 Å². The molecule has 30 heavy (non-hydrogen) atoms. The molecule has 1 aliphatic heterocycles. The van der Waals surface area contributed by atoms with Crippen molar-refractivity contribution in [2.45, 2.75) is 33.2 Å². The molecule has 166 valence electrons. The highest BCUT2D eigenvalue weighted by molar-refractivity contribution is 7.86. The summed E-state index contributed by atoms with van der Waals surface area (Å²) in [5.74, 6) is 1.83. The van der Waals surface area contributed by atoms with Gasteiger partial charge in [-0.3, -0.25) is 4.90 Å². The van der Waals surface area contributed by atoms with Crippen molar-refractivity contribution < 1.29 is 17.7 Å². The van der Waals surface area contributed by atoms with Gasteiger partial charge in [-0.1, -0.05) is 19.0 Å². The van der Waals surface area contributed by atoms with Gasteiger partial charge in [-0.2, -0.15) is 22.0 Å². The Labute approximate surface area is 178 Å². The summed E-state index contributed by atoms with van der Waals surface area (Å²) >= 11 is 0. The van der Waals surface area contributed by atoms with Crippen molar-refractivity contribution in [2.75, 3.05) is 46.4 Å². The van der Waals surface area contributed by atoms with Crippen molar-refractivity contribution in [3.8, 4) is 17.1 Å². The van der Waals surface area contributed by atoms with Crippen molar-refractivity contribution in [2.24, 2.45) is 0 Å². The molecule has 1 aromatic carbocycles. The Hall–Kier alpha value is -2.01. The lowest BCUT2D eigenvalue weighted by molar-refractivity contribution is 0.158. The highest BCUT2D eigenvalue weighted by atomic mass is 32.2. The van der Waals surface area contributed by atoms with E-state index in [-0.39, 0.29) is 0 Å². The summed E-state index contributed by atoms with van der Waals surface area (Å²) in [7, 11) is -1.78. The van der Waals surface area contributed by atoms with Crippen molar-refractivity contribution in [1.82, 2.24) is 23.7 Å². The Morgan fingerprint density at radius 1 is 1.07 bits per heavy atom. The fraction of sp³-hybridized carbons (Fsp3) is 0.600. The van der Waals surface area contributed by atoms with E-state index in [9.17, 15) is 8.42 Å². The highest BCUT2D eigenvalue weighted by Crippen LogP contribution is 2.20. The standard InChI is InChI=1S/C20H31N5O4S/c1-4-10-24(11-5-2)30(26,27)25-14-12-23(13-15-25)16-19-21-20(22-29-19)17-6-8-18(28-3)9-7-17/h6-9H,4-5,10-16H2,1-3H3. The lowest BCUT2D eigenvalue weighted by atomic mass is 10.2. The summed E-state index contributed by atoms with van der Waals surface area (Å²) in [6.07, 6.45) is 1.62. The third kappa shape index (κ3) is 5.37. The second kappa shape index (κ2) is 10.3. The predicted molar refractivity (Wildman–Crippen MR) is 114 cm³/mol. The van der Waals surface area contributed by atoms with Crippen LogP contribution < -0.4 is 4.74 Å². The molecule has 0 atom stereocenters. The second-order valence-corrected chi connectivity index (χ2v) is 9.25. The first kappa shape index (κ1) is 22.7. The molecule has 0 radical (unpaired) electrons. The quantitative estimate of drug-likeness (QED) is 0.563. The highest BCUT2D eigenvalue weighted by Gasteiger charge is 2.31. The van der Waals surface area contributed by atoms with E-state index in [4.69, 9.17) is 9.26 Å². The first-order valence-electron chi connectivity index (χ1n) is 10.4. The molecular weight excluding hydrogens is 406 g/mol. The fourth-order valence-corrected chi connectivity index (χ4v) is 5.27. The minimum Gasteiger partial charge on any atom is -0.497 e. The number of ether oxygens (including phenoxy) is 1. The molecule has 0 bridgehead atoms. The maximum atomic E-state index is 12.9. The Bertz CT molecular complexity index is 886. The largest absolute Gasteiger partial charge is 0.497 e. The molecule has 1 aliphatic rings. The Kier molecular flexibility index (Phi) is 7.81. The van der Waals surface area contributed by atoms with Crippen LogP contribution in [0.4, 0.5) is 0 Å². The molecule has 0 amide bonds. The zero-order valence-electron chi connectivity index (χ0n) is 18.0. The molecule has 0 aliphatic carbocycles. The van der Waals surface area contributed by atoms with Gasteiger partial charge in [-0.25, -0.2) is 0 Å². The average molecular weight is 438 g/mol. The van der Waals surface area contributed by atoms with Crippen LogP contribution in [-0.4, -0.2) is 78.4 Å². The zero-order valence-corrected chi connectivity index (χ0v) is 18.8. The van der Waals surface area contributed by atoms with Crippen LogP contribution in [0.3, 0.4) is 0 Å². The minimum absolute atomic E-state index is 0.464. The number of hydrogen-bond acceptors (Lipinski definition) is 7. The Morgan fingerprint density at radius 3 is 2.27 bits per heavy atom. The van der Waals surface area contributed by atoms with Crippen molar-refractivity contribution in [3.05, 3.63) is 30.2 Å². The number of aromatic nitrogens is 2. The summed E-state index contributed by atoms with van der Waals surface area (Å²) in [4.78, 5) is 6.61. The van der Waals surface area contributed by atoms with Gasteiger partial charge in [0.15, 0.2) is 0 Å². The van der Waals surface area contributed by atoms with Crippen LogP contribution in [0.1, 0.15) is 32.6 Å². The molecule has 9 nitrogen and oxygen atoms in total. The number of rotatable bonds is 10. The normalized spacial score (nSPS) is 16.3. The molecule has 0 spiro atoms. The van der Waals surface area contributed by atoms with Gasteiger partial charge >= 0.3 is 0 Å². The molecule has 2 aromatic rings. The molecule has 10 heteroatoms. The number of piperazine rings is 1. The lowest BCUT2D eigenvalue weighted by Crippen LogP contribution is -2.53. The van der Waals surface area contributed by atoms with Crippen LogP contribution in [0.25, 0.3) is 11.4 Å². The molecule has 0 unspecified atom stereocenters. The van der Waals surface area contributed by atoms with E-state index < -0.39 is 10.2 Å². The lowest BCUT2D eigenvalue weighted by Gasteiger charge is -2.36. The van der Waals surface area contributed by atoms with Gasteiger partial charge in [0.05, 0.1) is 13.7 Å². The van der Waals surface area contributed by atoms with Gasteiger partial charge < -0.3 is 9.26 Å². The molecular formula is C20H31N5O4S. The van der Waals surface area contributed by atoms with Crippen molar-refractivity contribution in [1.29, 1.82) is 0 Å². The van der Waals surface area contributed by atoms with Crippen LogP contribution in [0.15, 0.2) is 28.8 Å². The Morgan fingerprint density at radius 2 is 1.70 bits per heavy atom. The number of hydrogen-bond donors (Lipinski definition) is 0. The zero-order chi connectivity index (χ0) is 21.6. The molecule has 2 heterocycles. The SMILES string of the molecule is CCCN(CCC)S(=O)(=O)N1CCN(Cc2nc(-c3ccc(OC)cc3)no2)CC1. The Balaban J connectivity index is 1.56. The van der Waals surface area contributed by atoms with Gasteiger partial charge in [-0.15, -0.1) is 0 Å². The van der Waals surface area contributed by atoms with E-state index >= 15 is 0 Å². The van der Waals surface area contributed by atoms with Crippen LogP contribution >= 0.6 is 0 Å².